The number of benzene rings is 1. The number of amides is 1. The molecule has 1 amide bonds. The van der Waals surface area contributed by atoms with Crippen molar-refractivity contribution < 1.29 is 9.72 Å². The molecular weight excluding hydrogens is 290 g/mol. The molecule has 1 heterocycles. The maximum atomic E-state index is 11.7. The summed E-state index contributed by atoms with van der Waals surface area (Å²) in [5.41, 5.74) is 1.67. The minimum Gasteiger partial charge on any atom is -0.298 e. The Morgan fingerprint density at radius 3 is 2.71 bits per heavy atom. The van der Waals surface area contributed by atoms with Crippen molar-refractivity contribution in [1.82, 2.24) is 4.98 Å². The zero-order valence-electron chi connectivity index (χ0n) is 11.3. The standard InChI is InChI=1S/C14H13N3O3S/c1-2-11-9-21-14(15-11)16-13(18)8-5-10-3-6-12(7-4-10)17(19)20/h3-9H,2H2,1H3,(H,15,16,18)/b8-5+. The van der Waals surface area contributed by atoms with E-state index in [-0.39, 0.29) is 11.6 Å². The second-order valence-electron chi connectivity index (χ2n) is 4.17. The van der Waals surface area contributed by atoms with Crippen LogP contribution in [0, 0.1) is 10.1 Å². The van der Waals surface area contributed by atoms with Gasteiger partial charge in [-0.15, -0.1) is 11.3 Å². The van der Waals surface area contributed by atoms with Crippen LogP contribution in [-0.4, -0.2) is 15.8 Å². The summed E-state index contributed by atoms with van der Waals surface area (Å²) < 4.78 is 0. The molecule has 0 atom stereocenters. The van der Waals surface area contributed by atoms with Gasteiger partial charge in [-0.1, -0.05) is 6.92 Å². The van der Waals surface area contributed by atoms with E-state index in [1.54, 1.807) is 18.2 Å². The highest BCUT2D eigenvalue weighted by Gasteiger charge is 2.04. The maximum Gasteiger partial charge on any atom is 0.269 e. The van der Waals surface area contributed by atoms with Crippen molar-refractivity contribution in [2.75, 3.05) is 5.32 Å². The normalized spacial score (nSPS) is 10.7. The average Bonchev–Trinajstić information content (AvgIpc) is 2.93. The van der Waals surface area contributed by atoms with E-state index in [0.29, 0.717) is 10.7 Å². The van der Waals surface area contributed by atoms with Crippen LogP contribution < -0.4 is 5.32 Å². The molecule has 108 valence electrons. The van der Waals surface area contributed by atoms with Crippen molar-refractivity contribution >= 4 is 34.1 Å². The van der Waals surface area contributed by atoms with Gasteiger partial charge in [0.2, 0.25) is 5.91 Å². The molecule has 0 saturated carbocycles. The summed E-state index contributed by atoms with van der Waals surface area (Å²) in [6, 6.07) is 5.96. The molecule has 0 radical (unpaired) electrons. The number of nitro groups is 1. The molecule has 0 bridgehead atoms. The fourth-order valence-corrected chi connectivity index (χ4v) is 2.35. The van der Waals surface area contributed by atoms with Gasteiger partial charge in [-0.3, -0.25) is 20.2 Å². The quantitative estimate of drug-likeness (QED) is 0.522. The predicted octanol–water partition coefficient (Wildman–Crippen LogP) is 3.27. The molecule has 6 nitrogen and oxygen atoms in total. The van der Waals surface area contributed by atoms with E-state index in [2.05, 4.69) is 10.3 Å². The van der Waals surface area contributed by atoms with Gasteiger partial charge in [0.15, 0.2) is 5.13 Å². The first-order chi connectivity index (χ1) is 10.1. The number of carbonyl (C=O) groups excluding carboxylic acids is 1. The van der Waals surface area contributed by atoms with Crippen molar-refractivity contribution in [2.45, 2.75) is 13.3 Å². The van der Waals surface area contributed by atoms with Crippen LogP contribution >= 0.6 is 11.3 Å². The Balaban J connectivity index is 1.96. The Morgan fingerprint density at radius 2 is 2.14 bits per heavy atom. The number of thiazole rings is 1. The van der Waals surface area contributed by atoms with Crippen LogP contribution in [0.1, 0.15) is 18.2 Å². The van der Waals surface area contributed by atoms with Gasteiger partial charge in [0.1, 0.15) is 0 Å². The molecule has 0 spiro atoms. The van der Waals surface area contributed by atoms with Gasteiger partial charge in [0.25, 0.3) is 5.69 Å². The number of non-ortho nitro benzene ring substituents is 1. The van der Waals surface area contributed by atoms with Crippen LogP contribution in [0.15, 0.2) is 35.7 Å². The van der Waals surface area contributed by atoms with Crippen molar-refractivity contribution in [3.05, 3.63) is 57.1 Å². The molecule has 21 heavy (non-hydrogen) atoms. The third-order valence-electron chi connectivity index (χ3n) is 2.68. The van der Waals surface area contributed by atoms with Crippen molar-refractivity contribution in [3.63, 3.8) is 0 Å². The number of hydrogen-bond acceptors (Lipinski definition) is 5. The minimum absolute atomic E-state index is 0.0199. The maximum absolute atomic E-state index is 11.7. The van der Waals surface area contributed by atoms with Gasteiger partial charge in [-0.05, 0) is 30.2 Å². The summed E-state index contributed by atoms with van der Waals surface area (Å²) >= 11 is 1.38. The Hall–Kier alpha value is -2.54. The molecule has 0 saturated heterocycles. The molecular formula is C14H13N3O3S. The smallest absolute Gasteiger partial charge is 0.269 e. The van der Waals surface area contributed by atoms with E-state index in [1.165, 1.54) is 29.5 Å². The second-order valence-corrected chi connectivity index (χ2v) is 5.03. The molecule has 7 heteroatoms. The molecule has 1 N–H and O–H groups in total. The first-order valence-corrected chi connectivity index (χ1v) is 7.14. The summed E-state index contributed by atoms with van der Waals surface area (Å²) in [4.78, 5) is 26.0. The number of rotatable bonds is 5. The van der Waals surface area contributed by atoms with E-state index in [1.807, 2.05) is 12.3 Å². The third kappa shape index (κ3) is 4.22. The predicted molar refractivity (Wildman–Crippen MR) is 82.3 cm³/mol. The Morgan fingerprint density at radius 1 is 1.43 bits per heavy atom. The lowest BCUT2D eigenvalue weighted by Crippen LogP contribution is -2.07. The molecule has 0 aliphatic rings. The fraction of sp³-hybridized carbons (Fsp3) is 0.143. The Bertz CT molecular complexity index is 677. The molecule has 1 aromatic heterocycles. The van der Waals surface area contributed by atoms with Crippen molar-refractivity contribution in [2.24, 2.45) is 0 Å². The fourth-order valence-electron chi connectivity index (χ4n) is 1.55. The Labute approximate surface area is 125 Å². The number of aryl methyl sites for hydroxylation is 1. The minimum atomic E-state index is -0.464. The average molecular weight is 303 g/mol. The van der Waals surface area contributed by atoms with Gasteiger partial charge >= 0.3 is 0 Å². The third-order valence-corrected chi connectivity index (χ3v) is 3.48. The zero-order chi connectivity index (χ0) is 15.2. The van der Waals surface area contributed by atoms with E-state index in [4.69, 9.17) is 0 Å². The lowest BCUT2D eigenvalue weighted by Gasteiger charge is -1.96. The van der Waals surface area contributed by atoms with Gasteiger partial charge < -0.3 is 0 Å². The topological polar surface area (TPSA) is 85.1 Å². The second kappa shape index (κ2) is 6.76. The summed E-state index contributed by atoms with van der Waals surface area (Å²) in [5.74, 6) is -0.287. The van der Waals surface area contributed by atoms with Crippen LogP contribution in [-0.2, 0) is 11.2 Å². The van der Waals surface area contributed by atoms with E-state index >= 15 is 0 Å². The highest BCUT2D eigenvalue weighted by atomic mass is 32.1. The number of nitro benzene ring substituents is 1. The van der Waals surface area contributed by atoms with E-state index in [0.717, 1.165) is 12.1 Å². The van der Waals surface area contributed by atoms with Crippen LogP contribution in [0.2, 0.25) is 0 Å². The van der Waals surface area contributed by atoms with E-state index < -0.39 is 4.92 Å². The van der Waals surface area contributed by atoms with Crippen molar-refractivity contribution in [3.8, 4) is 0 Å². The molecule has 0 aliphatic carbocycles. The highest BCUT2D eigenvalue weighted by molar-refractivity contribution is 7.13. The van der Waals surface area contributed by atoms with Crippen molar-refractivity contribution in [1.29, 1.82) is 0 Å². The molecule has 2 rings (SSSR count). The molecule has 0 fully saturated rings. The number of anilines is 1. The summed E-state index contributed by atoms with van der Waals surface area (Å²) in [7, 11) is 0. The summed E-state index contributed by atoms with van der Waals surface area (Å²) in [6.45, 7) is 2.00. The zero-order valence-corrected chi connectivity index (χ0v) is 12.1. The SMILES string of the molecule is CCc1csc(NC(=O)/C=C/c2ccc([N+](=O)[O-])cc2)n1. The highest BCUT2D eigenvalue weighted by Crippen LogP contribution is 2.16. The first kappa shape index (κ1) is 14.9. The molecule has 2 aromatic rings. The number of carbonyl (C=O) groups is 1. The number of nitrogens with one attached hydrogen (secondary N) is 1. The van der Waals surface area contributed by atoms with E-state index in [9.17, 15) is 14.9 Å². The monoisotopic (exact) mass is 303 g/mol. The summed E-state index contributed by atoms with van der Waals surface area (Å²) in [5, 5.41) is 15.7. The lowest BCUT2D eigenvalue weighted by molar-refractivity contribution is -0.384. The molecule has 0 unspecified atom stereocenters. The molecule has 1 aromatic carbocycles. The van der Waals surface area contributed by atoms with Crippen LogP contribution in [0.3, 0.4) is 0 Å². The number of nitrogens with zero attached hydrogens (tertiary/aromatic N) is 2. The number of hydrogen-bond donors (Lipinski definition) is 1. The van der Waals surface area contributed by atoms with Crippen LogP contribution in [0.4, 0.5) is 10.8 Å². The largest absolute Gasteiger partial charge is 0.298 e. The van der Waals surface area contributed by atoms with Gasteiger partial charge in [0.05, 0.1) is 10.6 Å². The Kier molecular flexibility index (Phi) is 4.78. The summed E-state index contributed by atoms with van der Waals surface area (Å²) in [6.07, 6.45) is 3.78. The van der Waals surface area contributed by atoms with Gasteiger partial charge in [-0.2, -0.15) is 0 Å². The lowest BCUT2D eigenvalue weighted by atomic mass is 10.2. The van der Waals surface area contributed by atoms with Crippen LogP contribution in [0.5, 0.6) is 0 Å². The van der Waals surface area contributed by atoms with Gasteiger partial charge in [0, 0.05) is 23.6 Å². The van der Waals surface area contributed by atoms with Gasteiger partial charge in [-0.25, -0.2) is 4.98 Å². The van der Waals surface area contributed by atoms with Crippen LogP contribution in [0.25, 0.3) is 6.08 Å². The first-order valence-electron chi connectivity index (χ1n) is 6.26. The molecule has 0 aliphatic heterocycles. The number of aromatic nitrogens is 1.